The number of piperazine rings is 1. The SMILES string of the molecule is CN=C(NCc1cccc2ccccc12)N1CCN(c2ccccn2)CC1. The molecule has 0 unspecified atom stereocenters. The van der Waals surface area contributed by atoms with Crippen LogP contribution in [0, 0.1) is 0 Å². The van der Waals surface area contributed by atoms with Crippen molar-refractivity contribution in [3.63, 3.8) is 0 Å². The molecular formula is C22H25N5. The largest absolute Gasteiger partial charge is 0.353 e. The summed E-state index contributed by atoms with van der Waals surface area (Å²) in [6, 6.07) is 21.0. The number of pyridine rings is 1. The number of nitrogens with one attached hydrogen (secondary N) is 1. The minimum atomic E-state index is 0.772. The van der Waals surface area contributed by atoms with Crippen LogP contribution in [0.4, 0.5) is 5.82 Å². The van der Waals surface area contributed by atoms with Gasteiger partial charge < -0.3 is 15.1 Å². The van der Waals surface area contributed by atoms with Gasteiger partial charge in [0.05, 0.1) is 0 Å². The smallest absolute Gasteiger partial charge is 0.194 e. The van der Waals surface area contributed by atoms with E-state index in [-0.39, 0.29) is 0 Å². The third-order valence-corrected chi connectivity index (χ3v) is 5.08. The van der Waals surface area contributed by atoms with Crippen molar-refractivity contribution in [1.29, 1.82) is 0 Å². The summed E-state index contributed by atoms with van der Waals surface area (Å²) in [5.74, 6) is 2.01. The summed E-state index contributed by atoms with van der Waals surface area (Å²) in [5.41, 5.74) is 1.29. The normalized spacial score (nSPS) is 15.2. The lowest BCUT2D eigenvalue weighted by Crippen LogP contribution is -2.52. The van der Waals surface area contributed by atoms with E-state index in [1.807, 2.05) is 25.4 Å². The molecule has 0 atom stereocenters. The lowest BCUT2D eigenvalue weighted by atomic mass is 10.0. The van der Waals surface area contributed by atoms with Crippen LogP contribution in [0.2, 0.25) is 0 Å². The minimum Gasteiger partial charge on any atom is -0.353 e. The molecule has 2 aromatic carbocycles. The molecule has 1 aliphatic heterocycles. The molecule has 0 radical (unpaired) electrons. The van der Waals surface area contributed by atoms with E-state index < -0.39 is 0 Å². The standard InChI is InChI=1S/C22H25N5/c1-23-22(25-17-19-9-6-8-18-7-2-3-10-20(18)19)27-15-13-26(14-16-27)21-11-4-5-12-24-21/h2-12H,13-17H2,1H3,(H,23,25). The number of aromatic nitrogens is 1. The third kappa shape index (κ3) is 3.87. The van der Waals surface area contributed by atoms with Gasteiger partial charge in [0, 0.05) is 46.0 Å². The second-order valence-electron chi connectivity index (χ2n) is 6.70. The first-order valence-electron chi connectivity index (χ1n) is 9.43. The van der Waals surface area contributed by atoms with Crippen LogP contribution in [0.5, 0.6) is 0 Å². The second kappa shape index (κ2) is 8.08. The summed E-state index contributed by atoms with van der Waals surface area (Å²) in [6.07, 6.45) is 1.85. The van der Waals surface area contributed by atoms with E-state index in [9.17, 15) is 0 Å². The zero-order valence-electron chi connectivity index (χ0n) is 15.7. The second-order valence-corrected chi connectivity index (χ2v) is 6.70. The van der Waals surface area contributed by atoms with E-state index in [0.29, 0.717) is 0 Å². The molecule has 1 fully saturated rings. The molecule has 0 saturated carbocycles. The molecule has 1 aliphatic rings. The average molecular weight is 359 g/mol. The van der Waals surface area contributed by atoms with Crippen LogP contribution < -0.4 is 10.2 Å². The highest BCUT2D eigenvalue weighted by Gasteiger charge is 2.20. The summed E-state index contributed by atoms with van der Waals surface area (Å²) in [5, 5.41) is 6.11. The fourth-order valence-electron chi connectivity index (χ4n) is 3.64. The van der Waals surface area contributed by atoms with Crippen LogP contribution in [0.3, 0.4) is 0 Å². The highest BCUT2D eigenvalue weighted by Crippen LogP contribution is 2.18. The number of aliphatic imine (C=N–C) groups is 1. The third-order valence-electron chi connectivity index (χ3n) is 5.08. The van der Waals surface area contributed by atoms with Gasteiger partial charge in [-0.05, 0) is 28.5 Å². The van der Waals surface area contributed by atoms with Crippen molar-refractivity contribution in [1.82, 2.24) is 15.2 Å². The minimum absolute atomic E-state index is 0.772. The van der Waals surface area contributed by atoms with Gasteiger partial charge in [0.2, 0.25) is 0 Å². The molecule has 0 spiro atoms. The zero-order valence-corrected chi connectivity index (χ0v) is 15.7. The Morgan fingerprint density at radius 3 is 2.52 bits per heavy atom. The van der Waals surface area contributed by atoms with Gasteiger partial charge in [-0.1, -0.05) is 48.5 Å². The molecule has 0 bridgehead atoms. The number of hydrogen-bond acceptors (Lipinski definition) is 3. The van der Waals surface area contributed by atoms with Gasteiger partial charge in [-0.3, -0.25) is 4.99 Å². The molecule has 2 heterocycles. The first-order chi connectivity index (χ1) is 13.3. The molecule has 27 heavy (non-hydrogen) atoms. The summed E-state index contributed by atoms with van der Waals surface area (Å²) >= 11 is 0. The Balaban J connectivity index is 1.39. The maximum atomic E-state index is 4.50. The molecule has 5 nitrogen and oxygen atoms in total. The molecule has 1 saturated heterocycles. The number of anilines is 1. The van der Waals surface area contributed by atoms with E-state index in [2.05, 4.69) is 73.6 Å². The molecular weight excluding hydrogens is 334 g/mol. The van der Waals surface area contributed by atoms with Crippen LogP contribution in [-0.2, 0) is 6.54 Å². The Kier molecular flexibility index (Phi) is 5.19. The topological polar surface area (TPSA) is 43.8 Å². The van der Waals surface area contributed by atoms with E-state index in [4.69, 9.17) is 0 Å². The average Bonchev–Trinajstić information content (AvgIpc) is 2.75. The number of rotatable bonds is 3. The molecule has 138 valence electrons. The fourth-order valence-corrected chi connectivity index (χ4v) is 3.64. The Morgan fingerprint density at radius 1 is 0.963 bits per heavy atom. The fraction of sp³-hybridized carbons (Fsp3) is 0.273. The van der Waals surface area contributed by atoms with Crippen LogP contribution in [-0.4, -0.2) is 49.1 Å². The predicted octanol–water partition coefficient (Wildman–Crippen LogP) is 3.13. The van der Waals surface area contributed by atoms with Crippen molar-refractivity contribution in [3.05, 3.63) is 72.4 Å². The predicted molar refractivity (Wildman–Crippen MR) is 112 cm³/mol. The number of nitrogens with zero attached hydrogens (tertiary/aromatic N) is 4. The summed E-state index contributed by atoms with van der Waals surface area (Å²) in [6.45, 7) is 4.55. The quantitative estimate of drug-likeness (QED) is 0.576. The van der Waals surface area contributed by atoms with E-state index in [1.165, 1.54) is 16.3 Å². The molecule has 1 aromatic heterocycles. The molecule has 0 amide bonds. The lowest BCUT2D eigenvalue weighted by molar-refractivity contribution is 0.371. The highest BCUT2D eigenvalue weighted by molar-refractivity contribution is 5.86. The first-order valence-corrected chi connectivity index (χ1v) is 9.43. The van der Waals surface area contributed by atoms with Crippen molar-refractivity contribution in [2.75, 3.05) is 38.1 Å². The van der Waals surface area contributed by atoms with Crippen LogP contribution in [0.25, 0.3) is 10.8 Å². The van der Waals surface area contributed by atoms with Crippen molar-refractivity contribution < 1.29 is 0 Å². The van der Waals surface area contributed by atoms with Crippen LogP contribution >= 0.6 is 0 Å². The first kappa shape index (κ1) is 17.3. The van der Waals surface area contributed by atoms with E-state index in [1.54, 1.807) is 0 Å². The van der Waals surface area contributed by atoms with Gasteiger partial charge in [-0.25, -0.2) is 4.98 Å². The molecule has 5 heteroatoms. The number of fused-ring (bicyclic) bond motifs is 1. The Hall–Kier alpha value is -3.08. The maximum absolute atomic E-state index is 4.50. The van der Waals surface area contributed by atoms with Gasteiger partial charge in [0.15, 0.2) is 5.96 Å². The Morgan fingerprint density at radius 2 is 1.74 bits per heavy atom. The van der Waals surface area contributed by atoms with Crippen molar-refractivity contribution in [2.24, 2.45) is 4.99 Å². The highest BCUT2D eigenvalue weighted by atomic mass is 15.4. The lowest BCUT2D eigenvalue weighted by Gasteiger charge is -2.37. The summed E-state index contributed by atoms with van der Waals surface area (Å²) in [7, 11) is 1.86. The van der Waals surface area contributed by atoms with E-state index in [0.717, 1.165) is 44.5 Å². The van der Waals surface area contributed by atoms with Crippen molar-refractivity contribution in [3.8, 4) is 0 Å². The van der Waals surface area contributed by atoms with Gasteiger partial charge >= 0.3 is 0 Å². The van der Waals surface area contributed by atoms with Crippen LogP contribution in [0.15, 0.2) is 71.9 Å². The Labute approximate surface area is 160 Å². The number of hydrogen-bond donors (Lipinski definition) is 1. The van der Waals surface area contributed by atoms with Gasteiger partial charge in [0.25, 0.3) is 0 Å². The van der Waals surface area contributed by atoms with Gasteiger partial charge in [0.1, 0.15) is 5.82 Å². The van der Waals surface area contributed by atoms with E-state index >= 15 is 0 Å². The van der Waals surface area contributed by atoms with Crippen molar-refractivity contribution >= 4 is 22.5 Å². The molecule has 4 rings (SSSR count). The number of guanidine groups is 1. The zero-order chi connectivity index (χ0) is 18.5. The van der Waals surface area contributed by atoms with Gasteiger partial charge in [-0.15, -0.1) is 0 Å². The molecule has 3 aromatic rings. The maximum Gasteiger partial charge on any atom is 0.194 e. The van der Waals surface area contributed by atoms with Crippen LogP contribution in [0.1, 0.15) is 5.56 Å². The molecule has 1 N–H and O–H groups in total. The van der Waals surface area contributed by atoms with Crippen molar-refractivity contribution in [2.45, 2.75) is 6.54 Å². The summed E-state index contributed by atoms with van der Waals surface area (Å²) < 4.78 is 0. The Bertz CT molecular complexity index is 909. The molecule has 0 aliphatic carbocycles. The van der Waals surface area contributed by atoms with Gasteiger partial charge in [-0.2, -0.15) is 0 Å². The number of benzene rings is 2. The summed E-state index contributed by atoms with van der Waals surface area (Å²) in [4.78, 5) is 13.6. The monoisotopic (exact) mass is 359 g/mol.